The van der Waals surface area contributed by atoms with Gasteiger partial charge in [-0.05, 0) is 6.54 Å². The zero-order valence-corrected chi connectivity index (χ0v) is 7.84. The molecule has 2 heterocycles. The summed E-state index contributed by atoms with van der Waals surface area (Å²) in [6.07, 6.45) is 4.45. The number of rotatable bonds is 3. The van der Waals surface area contributed by atoms with E-state index in [0.717, 1.165) is 22.7 Å². The molecule has 0 unspecified atom stereocenters. The summed E-state index contributed by atoms with van der Waals surface area (Å²) in [5.41, 5.74) is 7.53. The van der Waals surface area contributed by atoms with Crippen molar-refractivity contribution in [2.45, 2.75) is 6.42 Å². The third-order valence-corrected chi connectivity index (χ3v) is 2.64. The van der Waals surface area contributed by atoms with Crippen LogP contribution < -0.4 is 5.73 Å². The van der Waals surface area contributed by atoms with Crippen LogP contribution in [-0.4, -0.2) is 21.7 Å². The zero-order chi connectivity index (χ0) is 9.10. The number of nitrogens with zero attached hydrogens (tertiary/aromatic N) is 2. The lowest BCUT2D eigenvalue weighted by Crippen LogP contribution is -2.02. The average Bonchev–Trinajstić information content (AvgIpc) is 2.70. The van der Waals surface area contributed by atoms with Crippen molar-refractivity contribution in [2.24, 2.45) is 5.73 Å². The van der Waals surface area contributed by atoms with Gasteiger partial charge in [0.15, 0.2) is 0 Å². The van der Waals surface area contributed by atoms with Gasteiger partial charge in [0, 0.05) is 23.6 Å². The summed E-state index contributed by atoms with van der Waals surface area (Å²) in [6, 6.07) is 0. The molecule has 0 aliphatic rings. The lowest BCUT2D eigenvalue weighted by atomic mass is 10.3. The van der Waals surface area contributed by atoms with Crippen molar-refractivity contribution in [2.75, 3.05) is 6.54 Å². The molecule has 0 atom stereocenters. The van der Waals surface area contributed by atoms with E-state index in [1.54, 1.807) is 17.5 Å². The number of aromatic nitrogens is 3. The second kappa shape index (κ2) is 3.68. The van der Waals surface area contributed by atoms with Gasteiger partial charge in [-0.1, -0.05) is 0 Å². The van der Waals surface area contributed by atoms with Gasteiger partial charge in [-0.25, -0.2) is 4.98 Å². The standard InChI is InChI=1S/C8H10N4S/c9-2-1-7-5-13-8(12-7)6-3-10-11-4-6/h3-5H,1-2,9H2,(H,10,11). The maximum absolute atomic E-state index is 5.43. The fourth-order valence-corrected chi connectivity index (χ4v) is 1.91. The Morgan fingerprint density at radius 1 is 1.54 bits per heavy atom. The molecule has 0 fully saturated rings. The molecule has 0 radical (unpaired) electrons. The van der Waals surface area contributed by atoms with Gasteiger partial charge in [-0.2, -0.15) is 5.10 Å². The van der Waals surface area contributed by atoms with Gasteiger partial charge in [0.25, 0.3) is 0 Å². The summed E-state index contributed by atoms with van der Waals surface area (Å²) in [6.45, 7) is 0.647. The van der Waals surface area contributed by atoms with E-state index in [-0.39, 0.29) is 0 Å². The van der Waals surface area contributed by atoms with E-state index in [2.05, 4.69) is 15.2 Å². The van der Waals surface area contributed by atoms with Crippen molar-refractivity contribution in [3.63, 3.8) is 0 Å². The summed E-state index contributed by atoms with van der Waals surface area (Å²) in [7, 11) is 0. The molecule has 4 nitrogen and oxygen atoms in total. The second-order valence-electron chi connectivity index (χ2n) is 2.67. The molecule has 5 heteroatoms. The Labute approximate surface area is 79.8 Å². The molecule has 2 rings (SSSR count). The van der Waals surface area contributed by atoms with E-state index in [4.69, 9.17) is 5.73 Å². The van der Waals surface area contributed by atoms with Crippen molar-refractivity contribution >= 4 is 11.3 Å². The summed E-state index contributed by atoms with van der Waals surface area (Å²) >= 11 is 1.62. The van der Waals surface area contributed by atoms with Gasteiger partial charge in [0.2, 0.25) is 0 Å². The molecule has 0 bridgehead atoms. The van der Waals surface area contributed by atoms with Crippen LogP contribution in [0.15, 0.2) is 17.8 Å². The molecule has 0 aliphatic heterocycles. The fourth-order valence-electron chi connectivity index (χ4n) is 1.07. The van der Waals surface area contributed by atoms with Gasteiger partial charge in [-0.3, -0.25) is 5.10 Å². The van der Waals surface area contributed by atoms with E-state index >= 15 is 0 Å². The van der Waals surface area contributed by atoms with Crippen LogP contribution in [0.4, 0.5) is 0 Å². The summed E-state index contributed by atoms with van der Waals surface area (Å²) in [5, 5.41) is 9.67. The van der Waals surface area contributed by atoms with Crippen molar-refractivity contribution < 1.29 is 0 Å². The quantitative estimate of drug-likeness (QED) is 0.767. The number of aromatic amines is 1. The maximum Gasteiger partial charge on any atom is 0.126 e. The first-order chi connectivity index (χ1) is 6.40. The highest BCUT2D eigenvalue weighted by molar-refractivity contribution is 7.13. The first-order valence-electron chi connectivity index (χ1n) is 4.04. The molecule has 0 saturated carbocycles. The largest absolute Gasteiger partial charge is 0.330 e. The molecular weight excluding hydrogens is 184 g/mol. The van der Waals surface area contributed by atoms with Crippen molar-refractivity contribution in [1.29, 1.82) is 0 Å². The highest BCUT2D eigenvalue weighted by atomic mass is 32.1. The van der Waals surface area contributed by atoms with Crippen LogP contribution in [-0.2, 0) is 6.42 Å². The number of nitrogens with two attached hydrogens (primary N) is 1. The van der Waals surface area contributed by atoms with E-state index in [0.29, 0.717) is 6.54 Å². The minimum atomic E-state index is 0.647. The number of hydrogen-bond acceptors (Lipinski definition) is 4. The van der Waals surface area contributed by atoms with Gasteiger partial charge in [-0.15, -0.1) is 11.3 Å². The van der Waals surface area contributed by atoms with Crippen LogP contribution in [0.2, 0.25) is 0 Å². The van der Waals surface area contributed by atoms with Crippen LogP contribution in [0.5, 0.6) is 0 Å². The smallest absolute Gasteiger partial charge is 0.126 e. The lowest BCUT2D eigenvalue weighted by molar-refractivity contribution is 0.936. The second-order valence-corrected chi connectivity index (χ2v) is 3.53. The topological polar surface area (TPSA) is 67.6 Å². The van der Waals surface area contributed by atoms with Gasteiger partial charge in [0.1, 0.15) is 5.01 Å². The zero-order valence-electron chi connectivity index (χ0n) is 7.03. The minimum absolute atomic E-state index is 0.647. The normalized spacial score (nSPS) is 10.5. The maximum atomic E-state index is 5.43. The fraction of sp³-hybridized carbons (Fsp3) is 0.250. The third kappa shape index (κ3) is 1.76. The molecule has 3 N–H and O–H groups in total. The van der Waals surface area contributed by atoms with E-state index in [1.807, 2.05) is 11.6 Å². The molecule has 0 aromatic carbocycles. The molecule has 0 spiro atoms. The van der Waals surface area contributed by atoms with Crippen molar-refractivity contribution in [1.82, 2.24) is 15.2 Å². The SMILES string of the molecule is NCCc1csc(-c2cn[nH]c2)n1. The Hall–Kier alpha value is -1.20. The predicted octanol–water partition coefficient (Wildman–Crippen LogP) is 1.03. The van der Waals surface area contributed by atoms with Crippen LogP contribution in [0.1, 0.15) is 5.69 Å². The Balaban J connectivity index is 2.23. The van der Waals surface area contributed by atoms with Gasteiger partial charge < -0.3 is 5.73 Å². The number of H-pyrrole nitrogens is 1. The summed E-state index contributed by atoms with van der Waals surface area (Å²) in [4.78, 5) is 4.42. The lowest BCUT2D eigenvalue weighted by Gasteiger charge is -1.88. The highest BCUT2D eigenvalue weighted by Gasteiger charge is 2.04. The molecule has 2 aromatic rings. The molecule has 68 valence electrons. The van der Waals surface area contributed by atoms with E-state index in [1.165, 1.54) is 0 Å². The minimum Gasteiger partial charge on any atom is -0.330 e. The average molecular weight is 194 g/mol. The van der Waals surface area contributed by atoms with Crippen LogP contribution in [0, 0.1) is 0 Å². The summed E-state index contributed by atoms with van der Waals surface area (Å²) < 4.78 is 0. The van der Waals surface area contributed by atoms with Crippen LogP contribution in [0.25, 0.3) is 10.6 Å². The number of hydrogen-bond donors (Lipinski definition) is 2. The summed E-state index contributed by atoms with van der Waals surface area (Å²) in [5.74, 6) is 0. The number of nitrogens with one attached hydrogen (secondary N) is 1. The Kier molecular flexibility index (Phi) is 2.37. The van der Waals surface area contributed by atoms with Crippen LogP contribution in [0.3, 0.4) is 0 Å². The number of thiazole rings is 1. The third-order valence-electron chi connectivity index (χ3n) is 1.70. The molecule has 2 aromatic heterocycles. The predicted molar refractivity (Wildman–Crippen MR) is 52.5 cm³/mol. The van der Waals surface area contributed by atoms with E-state index in [9.17, 15) is 0 Å². The molecule has 13 heavy (non-hydrogen) atoms. The van der Waals surface area contributed by atoms with E-state index < -0.39 is 0 Å². The highest BCUT2D eigenvalue weighted by Crippen LogP contribution is 2.22. The molecule has 0 aliphatic carbocycles. The first kappa shape index (κ1) is 8.40. The van der Waals surface area contributed by atoms with Gasteiger partial charge in [0.05, 0.1) is 11.9 Å². The first-order valence-corrected chi connectivity index (χ1v) is 4.92. The Morgan fingerprint density at radius 2 is 2.46 bits per heavy atom. The molecule has 0 saturated heterocycles. The molecule has 0 amide bonds. The van der Waals surface area contributed by atoms with Crippen LogP contribution >= 0.6 is 11.3 Å². The van der Waals surface area contributed by atoms with Gasteiger partial charge >= 0.3 is 0 Å². The monoisotopic (exact) mass is 194 g/mol. The Bertz CT molecular complexity index is 365. The van der Waals surface area contributed by atoms with Crippen molar-refractivity contribution in [3.05, 3.63) is 23.5 Å². The Morgan fingerprint density at radius 3 is 3.15 bits per heavy atom. The molecular formula is C8H10N4S. The van der Waals surface area contributed by atoms with Crippen molar-refractivity contribution in [3.8, 4) is 10.6 Å².